The molecule has 14 nitrogen and oxygen atoms in total. The maximum Gasteiger partial charge on any atom is 0.352 e. The molecule has 6 N–H and O–H groups in total. The molecular formula is C20H30N8O6S3. The lowest BCUT2D eigenvalue weighted by Gasteiger charge is -2.49. The summed E-state index contributed by atoms with van der Waals surface area (Å²) in [4.78, 5) is 47.4. The van der Waals surface area contributed by atoms with E-state index in [2.05, 4.69) is 43.3 Å². The summed E-state index contributed by atoms with van der Waals surface area (Å²) >= 11 is 3.79. The number of hydrogen-bond acceptors (Lipinski definition) is 13. The molecule has 3 aliphatic rings. The molecule has 2 amide bonds. The summed E-state index contributed by atoms with van der Waals surface area (Å²) in [6, 6.07) is -0.595. The normalized spacial score (nSPS) is 21.4. The number of carbonyl (C=O) groups is 3. The number of thioether (sulfide) groups is 3. The largest absolute Gasteiger partial charge is 0.477 e. The molecule has 37 heavy (non-hydrogen) atoms. The van der Waals surface area contributed by atoms with E-state index in [4.69, 9.17) is 5.26 Å². The highest BCUT2D eigenvalue weighted by atomic mass is 32.2. The number of hydrazine groups is 2. The zero-order valence-corrected chi connectivity index (χ0v) is 23.1. The van der Waals surface area contributed by atoms with Crippen LogP contribution in [0.15, 0.2) is 33.8 Å². The van der Waals surface area contributed by atoms with E-state index in [1.54, 1.807) is 0 Å². The first kappa shape index (κ1) is 29.0. The molecule has 0 spiro atoms. The van der Waals surface area contributed by atoms with E-state index in [0.29, 0.717) is 21.7 Å². The molecule has 3 rings (SSSR count). The molecule has 3 heterocycles. The molecule has 2 atom stereocenters. The molecule has 0 aromatic carbocycles. The van der Waals surface area contributed by atoms with Gasteiger partial charge in [0.05, 0.1) is 5.75 Å². The van der Waals surface area contributed by atoms with Crippen molar-refractivity contribution in [2.24, 2.45) is 10.1 Å². The van der Waals surface area contributed by atoms with Gasteiger partial charge in [-0.3, -0.25) is 19.5 Å². The van der Waals surface area contributed by atoms with Crippen LogP contribution in [0.1, 0.15) is 27.7 Å². The van der Waals surface area contributed by atoms with Crippen molar-refractivity contribution >= 4 is 63.4 Å². The monoisotopic (exact) mass is 574 g/mol. The van der Waals surface area contributed by atoms with Gasteiger partial charge in [-0.05, 0) is 39.8 Å². The number of aliphatic carboxylic acids is 1. The third-order valence-electron chi connectivity index (χ3n) is 4.93. The van der Waals surface area contributed by atoms with E-state index >= 15 is 0 Å². The van der Waals surface area contributed by atoms with Crippen LogP contribution in [-0.4, -0.2) is 89.1 Å². The van der Waals surface area contributed by atoms with Gasteiger partial charge in [0.25, 0.3) is 5.91 Å². The summed E-state index contributed by atoms with van der Waals surface area (Å²) in [5.74, 6) is -1.56. The van der Waals surface area contributed by atoms with Crippen LogP contribution in [0.4, 0.5) is 0 Å². The van der Waals surface area contributed by atoms with Gasteiger partial charge in [-0.15, -0.1) is 22.4 Å². The van der Waals surface area contributed by atoms with Crippen molar-refractivity contribution in [3.8, 4) is 0 Å². The lowest BCUT2D eigenvalue weighted by atomic mass is 10.0. The summed E-state index contributed by atoms with van der Waals surface area (Å²) in [6.07, 6.45) is 0. The predicted molar refractivity (Wildman–Crippen MR) is 144 cm³/mol. The summed E-state index contributed by atoms with van der Waals surface area (Å²) in [6.45, 7) is 11.3. The number of amidine groups is 2. The van der Waals surface area contributed by atoms with Gasteiger partial charge in [0.15, 0.2) is 5.17 Å². The van der Waals surface area contributed by atoms with Crippen molar-refractivity contribution in [1.29, 1.82) is 0 Å². The van der Waals surface area contributed by atoms with E-state index in [9.17, 15) is 19.5 Å². The van der Waals surface area contributed by atoms with Crippen LogP contribution < -0.4 is 21.7 Å². The van der Waals surface area contributed by atoms with Crippen LogP contribution in [-0.2, 0) is 19.3 Å². The average molecular weight is 575 g/mol. The Balaban J connectivity index is 1.61. The van der Waals surface area contributed by atoms with Crippen molar-refractivity contribution in [2.45, 2.75) is 51.2 Å². The number of β-lactam (4-membered cyclic amide) rings is 1. The fourth-order valence-corrected chi connectivity index (χ4v) is 6.78. The van der Waals surface area contributed by atoms with Gasteiger partial charge in [-0.2, -0.15) is 5.01 Å². The summed E-state index contributed by atoms with van der Waals surface area (Å²) in [5, 5.41) is 30.3. The zero-order chi connectivity index (χ0) is 27.3. The summed E-state index contributed by atoms with van der Waals surface area (Å²) in [7, 11) is 0. The van der Waals surface area contributed by atoms with E-state index < -0.39 is 23.3 Å². The minimum absolute atomic E-state index is 0.0592. The van der Waals surface area contributed by atoms with Crippen LogP contribution in [0.25, 0.3) is 0 Å². The average Bonchev–Trinajstić information content (AvgIpc) is 3.31. The van der Waals surface area contributed by atoms with Crippen LogP contribution in [0.3, 0.4) is 0 Å². The second kappa shape index (κ2) is 12.8. The number of hydrazone groups is 1. The quantitative estimate of drug-likeness (QED) is 0.0531. The molecule has 0 aromatic rings. The molecule has 0 aliphatic carbocycles. The maximum atomic E-state index is 12.9. The number of carboxylic acid groups (broad SMARTS) is 1. The second-order valence-corrected chi connectivity index (χ2v) is 11.6. The molecule has 0 saturated carbocycles. The van der Waals surface area contributed by atoms with E-state index in [1.165, 1.54) is 33.4 Å². The summed E-state index contributed by atoms with van der Waals surface area (Å²) in [5.41, 5.74) is 5.50. The molecule has 17 heteroatoms. The molecule has 1 fully saturated rings. The van der Waals surface area contributed by atoms with Gasteiger partial charge in [0.1, 0.15) is 17.1 Å². The van der Waals surface area contributed by atoms with Crippen LogP contribution in [0, 0.1) is 0 Å². The predicted octanol–water partition coefficient (Wildman–Crippen LogP) is 0.510. The Hall–Kier alpha value is -2.60. The minimum atomic E-state index is -1.23. The standard InChI is InChI=1S/C20H30N8O6S3/c1-9(2)21-19(22-10(3)4)36-8-13(29)23-14-16(30)27-15(18(31)32)12(6-35-17(14)27)7-37-20-24-25-26-28(20)11(5)34-33/h9-10,14,17,25-26,33H,5-8H2,1-4H3,(H,21,22)(H,23,29)(H,31,32). The number of hydrogen-bond donors (Lipinski definition) is 6. The zero-order valence-electron chi connectivity index (χ0n) is 20.7. The Labute approximate surface area is 226 Å². The number of carboxylic acids is 1. The van der Waals surface area contributed by atoms with E-state index in [1.807, 2.05) is 27.7 Å². The van der Waals surface area contributed by atoms with Crippen LogP contribution >= 0.6 is 35.3 Å². The topological polar surface area (TPSA) is 180 Å². The Morgan fingerprint density at radius 1 is 1.38 bits per heavy atom. The van der Waals surface area contributed by atoms with Gasteiger partial charge in [0.2, 0.25) is 17.0 Å². The van der Waals surface area contributed by atoms with Crippen molar-refractivity contribution in [2.75, 3.05) is 17.3 Å². The van der Waals surface area contributed by atoms with Crippen molar-refractivity contribution in [3.63, 3.8) is 0 Å². The smallest absolute Gasteiger partial charge is 0.352 e. The first-order chi connectivity index (χ1) is 17.5. The molecule has 0 aromatic heterocycles. The highest BCUT2D eigenvalue weighted by Crippen LogP contribution is 2.41. The number of amides is 2. The number of aliphatic imine (C=N–C) groups is 1. The third kappa shape index (κ3) is 7.04. The van der Waals surface area contributed by atoms with Gasteiger partial charge >= 0.3 is 5.97 Å². The number of fused-ring (bicyclic) bond motifs is 1. The fourth-order valence-electron chi connectivity index (χ4n) is 3.42. The first-order valence-corrected chi connectivity index (χ1v) is 14.2. The highest BCUT2D eigenvalue weighted by molar-refractivity contribution is 8.14. The number of rotatable bonds is 10. The lowest BCUT2D eigenvalue weighted by molar-refractivity contribution is -0.221. The van der Waals surface area contributed by atoms with Gasteiger partial charge in [-0.1, -0.05) is 23.5 Å². The third-order valence-corrected chi connectivity index (χ3v) is 8.20. The Morgan fingerprint density at radius 3 is 2.73 bits per heavy atom. The van der Waals surface area contributed by atoms with Crippen molar-refractivity contribution < 1.29 is 29.6 Å². The molecule has 0 bridgehead atoms. The van der Waals surface area contributed by atoms with Crippen LogP contribution in [0.2, 0.25) is 0 Å². The highest BCUT2D eigenvalue weighted by Gasteiger charge is 2.54. The number of carbonyl (C=O) groups excluding carboxylic acids is 2. The Bertz CT molecular complexity index is 1030. The Kier molecular flexibility index (Phi) is 10.00. The number of nitrogens with one attached hydrogen (secondary N) is 4. The fraction of sp³-hybridized carbons (Fsp3) is 0.550. The SMILES string of the molecule is C=C(OO)N1NNN=C1SCC1=C(C(=O)O)N2C(=O)C(NC(=O)CS/C(=N/C(C)C)NC(C)C)C2SC1. The molecule has 1 saturated heterocycles. The molecule has 3 aliphatic heterocycles. The van der Waals surface area contributed by atoms with Gasteiger partial charge in [0, 0.05) is 23.6 Å². The van der Waals surface area contributed by atoms with E-state index in [0.717, 1.165) is 11.8 Å². The molecular weight excluding hydrogens is 544 g/mol. The Morgan fingerprint density at radius 2 is 2.11 bits per heavy atom. The summed E-state index contributed by atoms with van der Waals surface area (Å²) < 4.78 is 0. The van der Waals surface area contributed by atoms with Crippen LogP contribution in [0.5, 0.6) is 0 Å². The number of nitrogens with zero attached hydrogens (tertiary/aromatic N) is 4. The van der Waals surface area contributed by atoms with Crippen molar-refractivity contribution in [3.05, 3.63) is 23.7 Å². The molecule has 204 valence electrons. The molecule has 0 radical (unpaired) electrons. The first-order valence-electron chi connectivity index (χ1n) is 11.2. The lowest BCUT2D eigenvalue weighted by Crippen LogP contribution is -2.70. The maximum absolute atomic E-state index is 12.9. The molecule has 2 unspecified atom stereocenters. The van der Waals surface area contributed by atoms with Gasteiger partial charge < -0.3 is 20.6 Å². The van der Waals surface area contributed by atoms with Crippen molar-refractivity contribution in [1.82, 2.24) is 31.6 Å². The minimum Gasteiger partial charge on any atom is -0.477 e. The second-order valence-electron chi connectivity index (χ2n) is 8.56. The van der Waals surface area contributed by atoms with E-state index in [-0.39, 0.29) is 41.1 Å². The van der Waals surface area contributed by atoms with Gasteiger partial charge in [-0.25, -0.2) is 15.6 Å².